The minimum Gasteiger partial charge on any atom is -0.493 e. The Hall–Kier alpha value is -3.63. The van der Waals surface area contributed by atoms with Crippen molar-refractivity contribution in [3.05, 3.63) is 69.1 Å². The highest BCUT2D eigenvalue weighted by atomic mass is 19.4. The normalized spacial score (nSPS) is 13.8. The molecule has 0 radical (unpaired) electrons. The summed E-state index contributed by atoms with van der Waals surface area (Å²) in [5.41, 5.74) is 0.333. The minimum absolute atomic E-state index is 0.0743. The van der Waals surface area contributed by atoms with E-state index in [0.29, 0.717) is 12.3 Å². The molecule has 0 aliphatic carbocycles. The summed E-state index contributed by atoms with van der Waals surface area (Å²) in [5, 5.41) is 11.2. The third kappa shape index (κ3) is 3.90. The van der Waals surface area contributed by atoms with Gasteiger partial charge in [0.15, 0.2) is 0 Å². The average Bonchev–Trinajstić information content (AvgIpc) is 3.34. The molecule has 2 aromatic carbocycles. The van der Waals surface area contributed by atoms with Crippen LogP contribution in [0.1, 0.15) is 29.2 Å². The molecule has 1 aliphatic rings. The number of hydrogen-bond donors (Lipinski definition) is 0. The summed E-state index contributed by atoms with van der Waals surface area (Å²) in [6.07, 6.45) is -3.94. The Balaban J connectivity index is 1.68. The zero-order chi connectivity index (χ0) is 22.2. The number of tetrazole rings is 1. The second-order valence-electron chi connectivity index (χ2n) is 6.93. The molecule has 0 unspecified atom stereocenters. The first-order valence-corrected chi connectivity index (χ1v) is 9.37. The van der Waals surface area contributed by atoms with Crippen LogP contribution in [0.15, 0.2) is 46.3 Å². The van der Waals surface area contributed by atoms with E-state index in [1.807, 2.05) is 18.2 Å². The molecule has 0 saturated carbocycles. The van der Waals surface area contributed by atoms with Crippen LogP contribution in [-0.2, 0) is 31.1 Å². The largest absolute Gasteiger partial charge is 0.493 e. The summed E-state index contributed by atoms with van der Waals surface area (Å²) in [7, 11) is 1.35. The SMILES string of the molecule is C/C(=N\OCc1c(-n2nnn(C)c2=O)cccc1C(F)(F)F)c1cccc2c1CCO2. The highest BCUT2D eigenvalue weighted by Gasteiger charge is 2.35. The Morgan fingerprint density at radius 1 is 1.23 bits per heavy atom. The Bertz CT molecular complexity index is 1210. The standard InChI is InChI=1S/C20H18F3N5O3/c1-12(13-5-3-8-18-14(13)9-10-30-18)24-31-11-15-16(20(21,22)23)6-4-7-17(15)28-19(29)27(2)25-26-28/h3-8H,9-11H2,1-2H3/b24-12+. The van der Waals surface area contributed by atoms with Crippen LogP contribution in [0.4, 0.5) is 13.2 Å². The summed E-state index contributed by atoms with van der Waals surface area (Å²) < 4.78 is 48.1. The maximum absolute atomic E-state index is 13.6. The number of fused-ring (bicyclic) bond motifs is 1. The van der Waals surface area contributed by atoms with E-state index in [4.69, 9.17) is 9.57 Å². The second kappa shape index (κ2) is 7.89. The fraction of sp³-hybridized carbons (Fsp3) is 0.300. The van der Waals surface area contributed by atoms with Gasteiger partial charge in [0.05, 0.1) is 23.6 Å². The molecule has 8 nitrogen and oxygen atoms in total. The first-order valence-electron chi connectivity index (χ1n) is 9.37. The molecule has 0 saturated heterocycles. The van der Waals surface area contributed by atoms with Crippen LogP contribution in [0.3, 0.4) is 0 Å². The molecule has 0 spiro atoms. The van der Waals surface area contributed by atoms with Gasteiger partial charge >= 0.3 is 11.9 Å². The number of ether oxygens (including phenoxy) is 1. The molecule has 0 bridgehead atoms. The lowest BCUT2D eigenvalue weighted by atomic mass is 10.0. The van der Waals surface area contributed by atoms with E-state index in [9.17, 15) is 18.0 Å². The number of alkyl halides is 3. The number of halogens is 3. The lowest BCUT2D eigenvalue weighted by molar-refractivity contribution is -0.138. The van der Waals surface area contributed by atoms with Gasteiger partial charge in [-0.05, 0) is 35.5 Å². The summed E-state index contributed by atoms with van der Waals surface area (Å²) >= 11 is 0. The molecule has 4 rings (SSSR count). The number of aryl methyl sites for hydroxylation is 1. The van der Waals surface area contributed by atoms with Gasteiger partial charge in [0.1, 0.15) is 12.4 Å². The molecule has 0 N–H and O–H groups in total. The highest BCUT2D eigenvalue weighted by molar-refractivity contribution is 6.00. The van der Waals surface area contributed by atoms with Crippen molar-refractivity contribution in [1.82, 2.24) is 19.8 Å². The number of hydrogen-bond acceptors (Lipinski definition) is 6. The molecular weight excluding hydrogens is 415 g/mol. The maximum Gasteiger partial charge on any atom is 0.416 e. The molecule has 0 fully saturated rings. The first kappa shape index (κ1) is 20.6. The molecule has 162 valence electrons. The monoisotopic (exact) mass is 433 g/mol. The second-order valence-corrected chi connectivity index (χ2v) is 6.93. The van der Waals surface area contributed by atoms with Crippen LogP contribution in [0.5, 0.6) is 5.75 Å². The van der Waals surface area contributed by atoms with Gasteiger partial charge in [0, 0.05) is 30.2 Å². The first-order chi connectivity index (χ1) is 14.8. The number of benzene rings is 2. The van der Waals surface area contributed by atoms with E-state index in [1.165, 1.54) is 19.2 Å². The number of oxime groups is 1. The third-order valence-electron chi connectivity index (χ3n) is 4.95. The summed E-state index contributed by atoms with van der Waals surface area (Å²) in [6.45, 7) is 1.75. The molecule has 1 aliphatic heterocycles. The van der Waals surface area contributed by atoms with Crippen molar-refractivity contribution < 1.29 is 22.7 Å². The average molecular weight is 433 g/mol. The van der Waals surface area contributed by atoms with Crippen LogP contribution in [0.2, 0.25) is 0 Å². The number of rotatable bonds is 5. The van der Waals surface area contributed by atoms with Gasteiger partial charge in [-0.2, -0.15) is 22.5 Å². The lowest BCUT2D eigenvalue weighted by Gasteiger charge is -2.15. The van der Waals surface area contributed by atoms with E-state index >= 15 is 0 Å². The van der Waals surface area contributed by atoms with E-state index < -0.39 is 24.0 Å². The van der Waals surface area contributed by atoms with Crippen molar-refractivity contribution in [1.29, 1.82) is 0 Å². The zero-order valence-electron chi connectivity index (χ0n) is 16.7. The Labute approximate surface area is 174 Å². The van der Waals surface area contributed by atoms with Crippen molar-refractivity contribution in [2.24, 2.45) is 12.2 Å². The van der Waals surface area contributed by atoms with Gasteiger partial charge in [-0.3, -0.25) is 0 Å². The molecule has 31 heavy (non-hydrogen) atoms. The van der Waals surface area contributed by atoms with E-state index in [2.05, 4.69) is 15.6 Å². The number of nitrogens with zero attached hydrogens (tertiary/aromatic N) is 5. The molecule has 3 aromatic rings. The summed E-state index contributed by atoms with van der Waals surface area (Å²) in [5.74, 6) is 0.763. The van der Waals surface area contributed by atoms with Gasteiger partial charge in [-0.1, -0.05) is 23.4 Å². The molecule has 11 heteroatoms. The van der Waals surface area contributed by atoms with Crippen molar-refractivity contribution in [3.63, 3.8) is 0 Å². The Morgan fingerprint density at radius 2 is 2.00 bits per heavy atom. The van der Waals surface area contributed by atoms with Crippen LogP contribution < -0.4 is 10.4 Å². The molecular formula is C20H18F3N5O3. The molecule has 0 amide bonds. The maximum atomic E-state index is 13.6. The third-order valence-corrected chi connectivity index (χ3v) is 4.95. The van der Waals surface area contributed by atoms with E-state index in [1.54, 1.807) is 6.92 Å². The molecule has 1 aromatic heterocycles. The van der Waals surface area contributed by atoms with Crippen LogP contribution in [0.25, 0.3) is 5.69 Å². The predicted molar refractivity (Wildman–Crippen MR) is 104 cm³/mol. The highest BCUT2D eigenvalue weighted by Crippen LogP contribution is 2.35. The topological polar surface area (TPSA) is 83.5 Å². The van der Waals surface area contributed by atoms with Crippen LogP contribution in [0, 0.1) is 0 Å². The van der Waals surface area contributed by atoms with Crippen LogP contribution in [-0.4, -0.2) is 32.1 Å². The minimum atomic E-state index is -4.66. The van der Waals surface area contributed by atoms with Crippen molar-refractivity contribution in [2.75, 3.05) is 6.61 Å². The number of aromatic nitrogens is 4. The van der Waals surface area contributed by atoms with Gasteiger partial charge < -0.3 is 9.57 Å². The van der Waals surface area contributed by atoms with E-state index in [0.717, 1.165) is 38.7 Å². The quantitative estimate of drug-likeness (QED) is 0.457. The van der Waals surface area contributed by atoms with Gasteiger partial charge in [0.2, 0.25) is 0 Å². The predicted octanol–water partition coefficient (Wildman–Crippen LogP) is 2.86. The molecule has 0 atom stereocenters. The van der Waals surface area contributed by atoms with Crippen molar-refractivity contribution >= 4 is 5.71 Å². The van der Waals surface area contributed by atoms with E-state index in [-0.39, 0.29) is 11.3 Å². The Kier molecular flexibility index (Phi) is 5.25. The summed E-state index contributed by atoms with van der Waals surface area (Å²) in [4.78, 5) is 17.5. The Morgan fingerprint density at radius 3 is 2.71 bits per heavy atom. The van der Waals surface area contributed by atoms with Gasteiger partial charge in [-0.15, -0.1) is 0 Å². The molecule has 2 heterocycles. The van der Waals surface area contributed by atoms with Gasteiger partial charge in [-0.25, -0.2) is 4.79 Å². The smallest absolute Gasteiger partial charge is 0.416 e. The summed E-state index contributed by atoms with van der Waals surface area (Å²) in [6, 6.07) is 8.98. The fourth-order valence-corrected chi connectivity index (χ4v) is 3.46. The van der Waals surface area contributed by atoms with Gasteiger partial charge in [0.25, 0.3) is 0 Å². The van der Waals surface area contributed by atoms with Crippen molar-refractivity contribution in [2.45, 2.75) is 26.1 Å². The fourth-order valence-electron chi connectivity index (χ4n) is 3.46. The lowest BCUT2D eigenvalue weighted by Crippen LogP contribution is -2.24. The van der Waals surface area contributed by atoms with Crippen molar-refractivity contribution in [3.8, 4) is 11.4 Å². The van der Waals surface area contributed by atoms with Crippen LogP contribution >= 0.6 is 0 Å². The zero-order valence-corrected chi connectivity index (χ0v) is 16.7.